The Kier molecular flexibility index (Phi) is 4.87. The maximum absolute atomic E-state index is 6.70. The number of H-pyrrole nitrogens is 1. The van der Waals surface area contributed by atoms with Crippen LogP contribution in [-0.2, 0) is 0 Å². The second-order valence-electron chi connectivity index (χ2n) is 9.38. The van der Waals surface area contributed by atoms with Gasteiger partial charge in [0.05, 0.1) is 5.52 Å². The molecule has 0 aliphatic carbocycles. The maximum atomic E-state index is 6.70. The smallest absolute Gasteiger partial charge is 0.143 e. The summed E-state index contributed by atoms with van der Waals surface area (Å²) >= 11 is 0. The summed E-state index contributed by atoms with van der Waals surface area (Å²) in [5.74, 6) is 0. The van der Waals surface area contributed by atoms with E-state index in [0.717, 1.165) is 60.8 Å². The van der Waals surface area contributed by atoms with Crippen molar-refractivity contribution < 1.29 is 5.84 Å². The van der Waals surface area contributed by atoms with E-state index in [0.29, 0.717) is 0 Å². The SMILES string of the molecule is C=Cc1c(/C=C\C)ccc2[nH]c3c(-c4cccc5c4oc4c(-c6ccccc6)cccc45)cccc3c12.[HH]. The highest BCUT2D eigenvalue weighted by Crippen LogP contribution is 2.42. The monoisotopic (exact) mass is 477 g/mol. The van der Waals surface area contributed by atoms with Gasteiger partial charge in [-0.2, -0.15) is 0 Å². The fourth-order valence-electron chi connectivity index (χ4n) is 5.71. The molecule has 1 N–H and O–H groups in total. The molecule has 2 aromatic heterocycles. The number of furan rings is 1. The Morgan fingerprint density at radius 3 is 2.11 bits per heavy atom. The first kappa shape index (κ1) is 21.5. The number of para-hydroxylation sites is 3. The van der Waals surface area contributed by atoms with Gasteiger partial charge < -0.3 is 9.40 Å². The topological polar surface area (TPSA) is 28.9 Å². The number of rotatable bonds is 4. The Morgan fingerprint density at radius 2 is 1.38 bits per heavy atom. The quantitative estimate of drug-likeness (QED) is 0.268. The molecule has 5 aromatic carbocycles. The lowest BCUT2D eigenvalue weighted by Gasteiger charge is -2.06. The number of hydrogen-bond donors (Lipinski definition) is 1. The molecule has 7 rings (SSSR count). The predicted molar refractivity (Wildman–Crippen MR) is 161 cm³/mol. The zero-order valence-corrected chi connectivity index (χ0v) is 20.6. The number of aromatic nitrogens is 1. The molecule has 178 valence electrons. The molecular formula is C35H27NO. The van der Waals surface area contributed by atoms with Crippen LogP contribution in [0.25, 0.3) is 78.2 Å². The highest BCUT2D eigenvalue weighted by atomic mass is 16.3. The van der Waals surface area contributed by atoms with Gasteiger partial charge in [-0.05, 0) is 29.7 Å². The molecule has 0 atom stereocenters. The van der Waals surface area contributed by atoms with Crippen molar-refractivity contribution in [2.45, 2.75) is 6.92 Å². The van der Waals surface area contributed by atoms with E-state index in [1.165, 1.54) is 16.3 Å². The van der Waals surface area contributed by atoms with Crippen LogP contribution in [0.3, 0.4) is 0 Å². The molecule has 0 saturated heterocycles. The second-order valence-corrected chi connectivity index (χ2v) is 9.38. The van der Waals surface area contributed by atoms with Gasteiger partial charge in [0.2, 0.25) is 0 Å². The third kappa shape index (κ3) is 3.19. The van der Waals surface area contributed by atoms with Gasteiger partial charge in [-0.15, -0.1) is 0 Å². The van der Waals surface area contributed by atoms with Gasteiger partial charge in [-0.1, -0.05) is 116 Å². The van der Waals surface area contributed by atoms with Gasteiger partial charge in [-0.3, -0.25) is 0 Å². The molecule has 0 aliphatic rings. The van der Waals surface area contributed by atoms with Gasteiger partial charge >= 0.3 is 0 Å². The molecule has 0 amide bonds. The zero-order valence-electron chi connectivity index (χ0n) is 20.6. The molecule has 0 spiro atoms. The first-order valence-electron chi connectivity index (χ1n) is 12.6. The first-order valence-corrected chi connectivity index (χ1v) is 12.6. The average molecular weight is 478 g/mol. The lowest BCUT2D eigenvalue weighted by molar-refractivity contribution is 0.671. The normalized spacial score (nSPS) is 11.9. The zero-order chi connectivity index (χ0) is 24.9. The molecular weight excluding hydrogens is 450 g/mol. The van der Waals surface area contributed by atoms with Crippen LogP contribution in [0.15, 0.2) is 114 Å². The summed E-state index contributed by atoms with van der Waals surface area (Å²) in [5, 5.41) is 4.64. The molecule has 0 saturated carbocycles. The third-order valence-corrected chi connectivity index (χ3v) is 7.32. The molecule has 0 aliphatic heterocycles. The maximum Gasteiger partial charge on any atom is 0.143 e. The van der Waals surface area contributed by atoms with Crippen molar-refractivity contribution in [2.75, 3.05) is 0 Å². The summed E-state index contributed by atoms with van der Waals surface area (Å²) in [4.78, 5) is 3.71. The standard InChI is InChI=1S/C35H25NO.H2/c1-3-11-22-20-21-31-32(24(22)4-2)30-19-9-15-26(33(30)36-31)27-16-10-18-29-28-17-8-14-25(34(28)37-35(27)29)23-12-6-5-7-13-23;/h3-21,36H,2H2,1H3;1H/b11-3-;. The van der Waals surface area contributed by atoms with Crippen LogP contribution in [-0.4, -0.2) is 4.98 Å². The van der Waals surface area contributed by atoms with E-state index in [4.69, 9.17) is 4.42 Å². The molecule has 7 aromatic rings. The van der Waals surface area contributed by atoms with Crippen LogP contribution in [0.1, 0.15) is 19.5 Å². The molecule has 2 heteroatoms. The van der Waals surface area contributed by atoms with Gasteiger partial charge in [0.1, 0.15) is 11.2 Å². The van der Waals surface area contributed by atoms with Crippen molar-refractivity contribution in [3.05, 3.63) is 121 Å². The minimum Gasteiger partial charge on any atom is -0.455 e. The van der Waals surface area contributed by atoms with Crippen LogP contribution in [0.4, 0.5) is 0 Å². The van der Waals surface area contributed by atoms with E-state index in [-0.39, 0.29) is 1.43 Å². The van der Waals surface area contributed by atoms with Crippen molar-refractivity contribution in [3.8, 4) is 22.3 Å². The molecule has 2 nitrogen and oxygen atoms in total. The molecule has 0 fully saturated rings. The molecule has 0 radical (unpaired) electrons. The summed E-state index contributed by atoms with van der Waals surface area (Å²) in [5.41, 5.74) is 10.8. The Morgan fingerprint density at radius 1 is 0.703 bits per heavy atom. The number of aromatic amines is 1. The minimum absolute atomic E-state index is 0. The predicted octanol–water partition coefficient (Wildman–Crippen LogP) is 10.5. The first-order chi connectivity index (χ1) is 18.3. The van der Waals surface area contributed by atoms with E-state index in [1.54, 1.807) is 0 Å². The molecule has 0 bridgehead atoms. The Bertz CT molecular complexity index is 2010. The van der Waals surface area contributed by atoms with Gasteiger partial charge in [0.15, 0.2) is 0 Å². The van der Waals surface area contributed by atoms with Crippen molar-refractivity contribution >= 4 is 55.9 Å². The van der Waals surface area contributed by atoms with Gasteiger partial charge in [0.25, 0.3) is 0 Å². The lowest BCUT2D eigenvalue weighted by atomic mass is 9.97. The van der Waals surface area contributed by atoms with Gasteiger partial charge in [0, 0.05) is 45.2 Å². The van der Waals surface area contributed by atoms with Crippen LogP contribution in [0, 0.1) is 0 Å². The van der Waals surface area contributed by atoms with Crippen molar-refractivity contribution in [2.24, 2.45) is 0 Å². The number of nitrogens with one attached hydrogen (secondary N) is 1. The van der Waals surface area contributed by atoms with Crippen molar-refractivity contribution in [3.63, 3.8) is 0 Å². The molecule has 37 heavy (non-hydrogen) atoms. The summed E-state index contributed by atoms with van der Waals surface area (Å²) in [6, 6.07) is 34.1. The van der Waals surface area contributed by atoms with Crippen molar-refractivity contribution in [1.29, 1.82) is 0 Å². The number of hydrogen-bond acceptors (Lipinski definition) is 1. The van der Waals surface area contributed by atoms with Crippen LogP contribution >= 0.6 is 0 Å². The van der Waals surface area contributed by atoms with Crippen LogP contribution in [0.2, 0.25) is 0 Å². The third-order valence-electron chi connectivity index (χ3n) is 7.32. The number of fused-ring (bicyclic) bond motifs is 6. The van der Waals surface area contributed by atoms with Crippen LogP contribution < -0.4 is 0 Å². The Labute approximate surface area is 216 Å². The largest absolute Gasteiger partial charge is 0.455 e. The fourth-order valence-corrected chi connectivity index (χ4v) is 5.71. The lowest BCUT2D eigenvalue weighted by Crippen LogP contribution is -1.82. The number of allylic oxidation sites excluding steroid dienone is 1. The second kappa shape index (κ2) is 8.39. The van der Waals surface area contributed by atoms with E-state index < -0.39 is 0 Å². The summed E-state index contributed by atoms with van der Waals surface area (Å²) in [6.07, 6.45) is 6.17. The Balaban J connectivity index is 0.00000264. The van der Waals surface area contributed by atoms with E-state index in [2.05, 4.69) is 115 Å². The summed E-state index contributed by atoms with van der Waals surface area (Å²) in [6.45, 7) is 6.17. The highest BCUT2D eigenvalue weighted by molar-refractivity contribution is 6.19. The molecule has 0 unspecified atom stereocenters. The molecule has 2 heterocycles. The Hall–Kier alpha value is -4.82. The van der Waals surface area contributed by atoms with Crippen LogP contribution in [0.5, 0.6) is 0 Å². The highest BCUT2D eigenvalue weighted by Gasteiger charge is 2.18. The summed E-state index contributed by atoms with van der Waals surface area (Å²) in [7, 11) is 0. The summed E-state index contributed by atoms with van der Waals surface area (Å²) < 4.78 is 6.70. The van der Waals surface area contributed by atoms with E-state index in [1.807, 2.05) is 19.1 Å². The fraction of sp³-hybridized carbons (Fsp3) is 0.0286. The van der Waals surface area contributed by atoms with Gasteiger partial charge in [-0.25, -0.2) is 0 Å². The van der Waals surface area contributed by atoms with Crippen molar-refractivity contribution in [1.82, 2.24) is 4.98 Å². The van der Waals surface area contributed by atoms with E-state index >= 15 is 0 Å². The average Bonchev–Trinajstić information content (AvgIpc) is 3.52. The van der Waals surface area contributed by atoms with E-state index in [9.17, 15) is 0 Å². The minimum atomic E-state index is 0. The number of benzene rings is 5.